The summed E-state index contributed by atoms with van der Waals surface area (Å²) in [5, 5.41) is 33.5. The molecule has 0 saturated heterocycles. The first kappa shape index (κ1) is 14.9. The highest BCUT2D eigenvalue weighted by molar-refractivity contribution is 5.71. The molecular formula is C14H10N4O4. The fourth-order valence-electron chi connectivity index (χ4n) is 1.85. The van der Waals surface area contributed by atoms with E-state index in [0.29, 0.717) is 11.4 Å². The van der Waals surface area contributed by atoms with Crippen molar-refractivity contribution in [1.29, 1.82) is 5.26 Å². The predicted molar refractivity (Wildman–Crippen MR) is 78.9 cm³/mol. The Morgan fingerprint density at radius 3 is 2.18 bits per heavy atom. The normalized spacial score (nSPS) is 9.82. The Kier molecular flexibility index (Phi) is 3.99. The molecule has 8 nitrogen and oxygen atoms in total. The third-order valence-corrected chi connectivity index (χ3v) is 3.04. The van der Waals surface area contributed by atoms with Crippen LogP contribution in [0, 0.1) is 38.5 Å². The molecule has 0 spiro atoms. The molecule has 8 heteroatoms. The number of anilines is 2. The number of aryl methyl sites for hydroxylation is 1. The number of nitro benzene ring substituents is 2. The molecular weight excluding hydrogens is 288 g/mol. The lowest BCUT2D eigenvalue weighted by Crippen LogP contribution is -1.98. The van der Waals surface area contributed by atoms with Crippen LogP contribution in [-0.4, -0.2) is 9.85 Å². The molecule has 0 fully saturated rings. The average Bonchev–Trinajstić information content (AvgIpc) is 2.49. The van der Waals surface area contributed by atoms with Crippen molar-refractivity contribution >= 4 is 22.7 Å². The maximum atomic E-state index is 10.8. The molecule has 0 unspecified atom stereocenters. The van der Waals surface area contributed by atoms with Gasteiger partial charge < -0.3 is 5.32 Å². The van der Waals surface area contributed by atoms with Crippen LogP contribution in [-0.2, 0) is 0 Å². The van der Waals surface area contributed by atoms with Crippen LogP contribution in [0.4, 0.5) is 22.7 Å². The summed E-state index contributed by atoms with van der Waals surface area (Å²) in [4.78, 5) is 20.4. The molecule has 0 heterocycles. The van der Waals surface area contributed by atoms with Crippen molar-refractivity contribution in [3.05, 3.63) is 67.8 Å². The summed E-state index contributed by atoms with van der Waals surface area (Å²) in [6.07, 6.45) is 0. The minimum atomic E-state index is -0.594. The zero-order valence-corrected chi connectivity index (χ0v) is 11.4. The summed E-state index contributed by atoms with van der Waals surface area (Å²) in [6, 6.07) is 9.98. The zero-order chi connectivity index (χ0) is 16.3. The number of rotatable bonds is 4. The first-order chi connectivity index (χ1) is 10.4. The van der Waals surface area contributed by atoms with E-state index in [4.69, 9.17) is 5.26 Å². The van der Waals surface area contributed by atoms with Gasteiger partial charge in [0.25, 0.3) is 11.4 Å². The van der Waals surface area contributed by atoms with Gasteiger partial charge in [0, 0.05) is 30.0 Å². The lowest BCUT2D eigenvalue weighted by atomic mass is 10.1. The fourth-order valence-corrected chi connectivity index (χ4v) is 1.85. The molecule has 0 aliphatic carbocycles. The van der Waals surface area contributed by atoms with Crippen molar-refractivity contribution < 1.29 is 9.85 Å². The molecule has 0 aliphatic heterocycles. The van der Waals surface area contributed by atoms with Crippen LogP contribution in [0.3, 0.4) is 0 Å². The minimum absolute atomic E-state index is 0.0834. The van der Waals surface area contributed by atoms with Crippen molar-refractivity contribution in [1.82, 2.24) is 0 Å². The molecule has 0 atom stereocenters. The van der Waals surface area contributed by atoms with Gasteiger partial charge in [-0.15, -0.1) is 0 Å². The van der Waals surface area contributed by atoms with E-state index in [9.17, 15) is 20.2 Å². The molecule has 0 radical (unpaired) electrons. The molecule has 110 valence electrons. The van der Waals surface area contributed by atoms with Crippen molar-refractivity contribution in [2.45, 2.75) is 6.92 Å². The maximum absolute atomic E-state index is 10.8. The Morgan fingerprint density at radius 2 is 1.59 bits per heavy atom. The first-order valence-corrected chi connectivity index (χ1v) is 6.13. The van der Waals surface area contributed by atoms with Gasteiger partial charge in [-0.05, 0) is 18.6 Å². The van der Waals surface area contributed by atoms with Gasteiger partial charge in [0.05, 0.1) is 21.1 Å². The van der Waals surface area contributed by atoms with E-state index in [1.165, 1.54) is 24.3 Å². The van der Waals surface area contributed by atoms with Crippen LogP contribution in [0.15, 0.2) is 36.4 Å². The second-order valence-electron chi connectivity index (χ2n) is 4.48. The van der Waals surface area contributed by atoms with E-state index in [1.54, 1.807) is 13.0 Å². The molecule has 1 N–H and O–H groups in total. The highest BCUT2D eigenvalue weighted by Crippen LogP contribution is 2.28. The molecule has 0 bridgehead atoms. The van der Waals surface area contributed by atoms with Gasteiger partial charge in [-0.2, -0.15) is 5.26 Å². The SMILES string of the molecule is Cc1ccc([N+](=O)[O-])cc1Nc1ccc([N+](=O)[O-])cc1C#N. The Balaban J connectivity index is 2.43. The van der Waals surface area contributed by atoms with Gasteiger partial charge in [-0.1, -0.05) is 6.07 Å². The van der Waals surface area contributed by atoms with E-state index in [-0.39, 0.29) is 16.9 Å². The van der Waals surface area contributed by atoms with Gasteiger partial charge in [0.15, 0.2) is 0 Å². The number of hydrogen-bond donors (Lipinski definition) is 1. The molecule has 2 aromatic carbocycles. The average molecular weight is 298 g/mol. The van der Waals surface area contributed by atoms with Gasteiger partial charge in [-0.25, -0.2) is 0 Å². The summed E-state index contributed by atoms with van der Waals surface area (Å²) in [6.45, 7) is 1.75. The highest BCUT2D eigenvalue weighted by Gasteiger charge is 2.13. The lowest BCUT2D eigenvalue weighted by Gasteiger charge is -2.10. The van der Waals surface area contributed by atoms with Crippen molar-refractivity contribution in [3.63, 3.8) is 0 Å². The minimum Gasteiger partial charge on any atom is -0.354 e. The van der Waals surface area contributed by atoms with Crippen LogP contribution >= 0.6 is 0 Å². The largest absolute Gasteiger partial charge is 0.354 e. The molecule has 2 rings (SSSR count). The van der Waals surface area contributed by atoms with E-state index < -0.39 is 9.85 Å². The quantitative estimate of drug-likeness (QED) is 0.681. The molecule has 22 heavy (non-hydrogen) atoms. The number of hydrogen-bond acceptors (Lipinski definition) is 6. The van der Waals surface area contributed by atoms with Crippen LogP contribution in [0.1, 0.15) is 11.1 Å². The van der Waals surface area contributed by atoms with Crippen molar-refractivity contribution in [2.24, 2.45) is 0 Å². The molecule has 2 aromatic rings. The molecule has 0 aliphatic rings. The highest BCUT2D eigenvalue weighted by atomic mass is 16.6. The summed E-state index contributed by atoms with van der Waals surface area (Å²) < 4.78 is 0. The van der Waals surface area contributed by atoms with Crippen LogP contribution in [0.25, 0.3) is 0 Å². The zero-order valence-electron chi connectivity index (χ0n) is 11.4. The third kappa shape index (κ3) is 2.99. The van der Waals surface area contributed by atoms with Crippen molar-refractivity contribution in [3.8, 4) is 6.07 Å². The van der Waals surface area contributed by atoms with E-state index in [0.717, 1.165) is 11.6 Å². The number of nitriles is 1. The van der Waals surface area contributed by atoms with Crippen LogP contribution < -0.4 is 5.32 Å². The van der Waals surface area contributed by atoms with Crippen LogP contribution in [0.5, 0.6) is 0 Å². The molecule has 0 aromatic heterocycles. The van der Waals surface area contributed by atoms with Gasteiger partial charge in [0.2, 0.25) is 0 Å². The van der Waals surface area contributed by atoms with Gasteiger partial charge in [0.1, 0.15) is 6.07 Å². The van der Waals surface area contributed by atoms with E-state index in [2.05, 4.69) is 5.32 Å². The number of benzene rings is 2. The second-order valence-corrected chi connectivity index (χ2v) is 4.48. The standard InChI is InChI=1S/C14H10N4O4/c1-9-2-3-12(18(21)22)7-14(9)16-13-5-4-11(17(19)20)6-10(13)8-15/h2-7,16H,1H3. The van der Waals surface area contributed by atoms with E-state index >= 15 is 0 Å². The summed E-state index contributed by atoms with van der Waals surface area (Å²) in [7, 11) is 0. The first-order valence-electron chi connectivity index (χ1n) is 6.13. The number of non-ortho nitro benzene ring substituents is 2. The summed E-state index contributed by atoms with van der Waals surface area (Å²) in [5.41, 5.74) is 1.34. The summed E-state index contributed by atoms with van der Waals surface area (Å²) in [5.74, 6) is 0. The predicted octanol–water partition coefficient (Wildman–Crippen LogP) is 3.43. The Bertz CT molecular complexity index is 811. The number of nitrogens with zero attached hydrogens (tertiary/aromatic N) is 3. The third-order valence-electron chi connectivity index (χ3n) is 3.04. The number of nitrogens with one attached hydrogen (secondary N) is 1. The number of nitro groups is 2. The monoisotopic (exact) mass is 298 g/mol. The summed E-state index contributed by atoms with van der Waals surface area (Å²) >= 11 is 0. The van der Waals surface area contributed by atoms with Gasteiger partial charge >= 0.3 is 0 Å². The molecule has 0 saturated carbocycles. The Labute approximate surface area is 124 Å². The van der Waals surface area contributed by atoms with Crippen molar-refractivity contribution in [2.75, 3.05) is 5.32 Å². The Hall–Kier alpha value is -3.47. The molecule has 0 amide bonds. The fraction of sp³-hybridized carbons (Fsp3) is 0.0714. The Morgan fingerprint density at radius 1 is 1.00 bits per heavy atom. The van der Waals surface area contributed by atoms with Gasteiger partial charge in [-0.3, -0.25) is 20.2 Å². The topological polar surface area (TPSA) is 122 Å². The smallest absolute Gasteiger partial charge is 0.271 e. The van der Waals surface area contributed by atoms with Crippen LogP contribution in [0.2, 0.25) is 0 Å². The second kappa shape index (κ2) is 5.88. The van der Waals surface area contributed by atoms with E-state index in [1.807, 2.05) is 6.07 Å². The maximum Gasteiger partial charge on any atom is 0.271 e. The lowest BCUT2D eigenvalue weighted by molar-refractivity contribution is -0.385.